The van der Waals surface area contributed by atoms with Crippen molar-refractivity contribution >= 4 is 151 Å². The van der Waals surface area contributed by atoms with Gasteiger partial charge in [-0.25, -0.2) is 19.9 Å². The quantitative estimate of drug-likeness (QED) is 0.129. The number of aromatic nitrogens is 4. The van der Waals surface area contributed by atoms with Crippen molar-refractivity contribution < 1.29 is 17.7 Å². The molecule has 4 aliphatic heterocycles. The van der Waals surface area contributed by atoms with Crippen molar-refractivity contribution in [3.05, 3.63) is 305 Å². The summed E-state index contributed by atoms with van der Waals surface area (Å²) in [5, 5.41) is 8.70. The number of fused-ring (bicyclic) bond motifs is 14. The largest absolute Gasteiger partial charge is 0.435 e. The van der Waals surface area contributed by atoms with Crippen LogP contribution in [0.3, 0.4) is 0 Å². The van der Waals surface area contributed by atoms with Crippen LogP contribution in [0.15, 0.2) is 267 Å². The highest BCUT2D eigenvalue weighted by atomic mass is 16.4. The average molecular weight is 1640 g/mol. The van der Waals surface area contributed by atoms with Crippen molar-refractivity contribution in [1.82, 2.24) is 19.9 Å². The number of aryl methyl sites for hydroxylation is 8. The Hall–Kier alpha value is -13.3. The molecule has 123 heavy (non-hydrogen) atoms. The van der Waals surface area contributed by atoms with Crippen LogP contribution in [0, 0.1) is 55.4 Å². The molecule has 21 rings (SSSR count). The van der Waals surface area contributed by atoms with Crippen molar-refractivity contribution in [3.8, 4) is 0 Å². The maximum atomic E-state index is 6.39. The van der Waals surface area contributed by atoms with Crippen LogP contribution in [0.2, 0.25) is 0 Å². The van der Waals surface area contributed by atoms with E-state index >= 15 is 0 Å². The minimum Gasteiger partial charge on any atom is -0.435 e. The number of nitrogens with zero attached hydrogens (tertiary/aromatic N) is 12. The molecule has 0 aliphatic carbocycles. The lowest BCUT2D eigenvalue weighted by molar-refractivity contribution is 0.601. The molecular formula is C107H118N12O4. The summed E-state index contributed by atoms with van der Waals surface area (Å²) < 4.78 is 25.3. The molecule has 4 aliphatic rings. The molecule has 16 heteroatoms. The molecule has 0 spiro atoms. The zero-order valence-corrected chi connectivity index (χ0v) is 71.2. The summed E-state index contributed by atoms with van der Waals surface area (Å²) in [6.45, 7) is 39.2. The Balaban J connectivity index is 0.000000133. The first-order valence-corrected chi connectivity index (χ1v) is 41.8. The molecule has 4 atom stereocenters. The van der Waals surface area contributed by atoms with Gasteiger partial charge in [0.25, 0.3) is 0 Å². The molecule has 0 saturated heterocycles. The fourth-order valence-electron chi connectivity index (χ4n) is 18.4. The van der Waals surface area contributed by atoms with Crippen molar-refractivity contribution in [2.45, 2.75) is 197 Å². The van der Waals surface area contributed by atoms with E-state index in [1.165, 1.54) is 73.2 Å². The van der Waals surface area contributed by atoms with Gasteiger partial charge in [-0.1, -0.05) is 185 Å². The van der Waals surface area contributed by atoms with Crippen LogP contribution in [0.25, 0.3) is 88.3 Å². The first kappa shape index (κ1) is 86.1. The molecule has 16 nitrogen and oxygen atoms in total. The van der Waals surface area contributed by atoms with Crippen LogP contribution < -0.4 is 39.2 Å². The normalized spacial score (nSPS) is 15.8. The lowest BCUT2D eigenvalue weighted by Gasteiger charge is -2.34. The average Bonchev–Trinajstić information content (AvgIpc) is 1.16. The van der Waals surface area contributed by atoms with Gasteiger partial charge in [-0.05, 0) is 239 Å². The molecule has 0 fully saturated rings. The van der Waals surface area contributed by atoms with Gasteiger partial charge in [-0.3, -0.25) is 0 Å². The standard InChI is InChI=1S/C29H33N3O.C27H23N3O.C24H25N3O.C23H21N3O.4CH4/c1-17(2)22-9-8-10-23(18(3)4)27(22)32-16-15-31(21(32)7)26-19(5)11-13-24-25-14-12-20(6)30-29(25)33-28(24)26;1-17-13-15-21-22-16-14-18(2)28-27(22)31-26(21)25(17)30-19(3)29(20-9-5-4-6-10-20)23-11-7-8-12-24(23)30;1-14(2)26-17(5)27(21-9-7-6-8-20(21)26)22-15(3)10-12-18-19-13-11-16(4)25-24(19)28-23(18)22;1-15-9-11-19-20-12-10-16(2)24-23(20)27-22(19)21(15)26-14-13-25(17(26)3)18-7-5-4-6-8-18;;;;/h8-18,21H,1-7H3;4-16,19H,1-3H3;6-14,17H,1-5H3;4-14,17H,1-3H3;4*1H4. The van der Waals surface area contributed by atoms with Crippen LogP contribution >= 0.6 is 0 Å². The van der Waals surface area contributed by atoms with Gasteiger partial charge in [-0.2, -0.15) is 0 Å². The number of anilines is 11. The first-order valence-electron chi connectivity index (χ1n) is 41.8. The summed E-state index contributed by atoms with van der Waals surface area (Å²) in [6, 6.07) is 79.3. The minimum atomic E-state index is 0. The van der Waals surface area contributed by atoms with E-state index in [4.69, 9.17) is 17.7 Å². The second-order valence-electron chi connectivity index (χ2n) is 33.2. The number of hydrogen-bond acceptors (Lipinski definition) is 16. The van der Waals surface area contributed by atoms with E-state index < -0.39 is 0 Å². The fourth-order valence-corrected chi connectivity index (χ4v) is 18.4. The third-order valence-corrected chi connectivity index (χ3v) is 24.3. The SMILES string of the molecule is C.C.C.C.Cc1ccc2c(n1)oc1c(N3C=CN(c4c(C(C)C)cccc4C(C)C)C3C)c(C)ccc12.Cc1ccc2c(n1)oc1c(N3C=CN(c4ccccc4)C3C)c(C)ccc12.Cc1ccc2c(n1)oc1c(N3c4ccccc4N(C(C)C)C3C)c(C)ccc12.Cc1ccc2c(n1)oc1c(N3c4ccccc4N(c4ccccc4)C3C)c(C)ccc12. The van der Waals surface area contributed by atoms with Crippen LogP contribution in [-0.2, 0) is 0 Å². The van der Waals surface area contributed by atoms with E-state index in [2.05, 4.69) is 375 Å². The summed E-state index contributed by atoms with van der Waals surface area (Å²) in [4.78, 5) is 37.5. The Morgan fingerprint density at radius 2 is 0.553 bits per heavy atom. The van der Waals surface area contributed by atoms with E-state index in [0.29, 0.717) is 40.7 Å². The lowest BCUT2D eigenvalue weighted by atomic mass is 9.92. The smallest absolute Gasteiger partial charge is 0.227 e. The lowest BCUT2D eigenvalue weighted by Crippen LogP contribution is -2.42. The highest BCUT2D eigenvalue weighted by Gasteiger charge is 2.40. The van der Waals surface area contributed by atoms with E-state index in [9.17, 15) is 0 Å². The van der Waals surface area contributed by atoms with Gasteiger partial charge in [0.1, 0.15) is 24.7 Å². The molecule has 0 N–H and O–H groups in total. The van der Waals surface area contributed by atoms with Gasteiger partial charge in [0.2, 0.25) is 22.9 Å². The topological polar surface area (TPSA) is 130 Å². The molecule has 0 saturated carbocycles. The Kier molecular flexibility index (Phi) is 24.0. The number of hydrogen-bond donors (Lipinski definition) is 0. The van der Waals surface area contributed by atoms with E-state index in [1.54, 1.807) is 0 Å². The highest BCUT2D eigenvalue weighted by molar-refractivity contribution is 6.13. The number of pyridine rings is 4. The minimum absolute atomic E-state index is 0. The van der Waals surface area contributed by atoms with Crippen molar-refractivity contribution in [1.29, 1.82) is 0 Å². The molecule has 0 radical (unpaired) electrons. The third kappa shape index (κ3) is 14.8. The van der Waals surface area contributed by atoms with Crippen LogP contribution in [-0.4, -0.2) is 50.6 Å². The Bertz CT molecular complexity index is 6810. The summed E-state index contributed by atoms with van der Waals surface area (Å²) in [5.74, 6) is 0.895. The summed E-state index contributed by atoms with van der Waals surface area (Å²) in [7, 11) is 0. The molecule has 17 aromatic rings. The molecule has 8 aromatic heterocycles. The van der Waals surface area contributed by atoms with Gasteiger partial charge >= 0.3 is 0 Å². The summed E-state index contributed by atoms with van der Waals surface area (Å²) in [6.07, 6.45) is 9.24. The van der Waals surface area contributed by atoms with Gasteiger partial charge in [0, 0.05) is 114 Å². The predicted molar refractivity (Wildman–Crippen MR) is 521 cm³/mol. The first-order chi connectivity index (χ1) is 57.5. The zero-order valence-electron chi connectivity index (χ0n) is 71.2. The molecule has 4 unspecified atom stereocenters. The van der Waals surface area contributed by atoms with E-state index in [0.717, 1.165) is 111 Å². The predicted octanol–water partition coefficient (Wildman–Crippen LogP) is 29.8. The van der Waals surface area contributed by atoms with Crippen LogP contribution in [0.5, 0.6) is 0 Å². The number of benzene rings is 9. The summed E-state index contributed by atoms with van der Waals surface area (Å²) >= 11 is 0. The number of furan rings is 4. The van der Waals surface area contributed by atoms with Gasteiger partial charge in [-0.15, -0.1) is 0 Å². The monoisotopic (exact) mass is 1630 g/mol. The Morgan fingerprint density at radius 3 is 0.927 bits per heavy atom. The zero-order chi connectivity index (χ0) is 82.7. The van der Waals surface area contributed by atoms with E-state index in [-0.39, 0.29) is 54.4 Å². The molecule has 630 valence electrons. The van der Waals surface area contributed by atoms with Gasteiger partial charge in [0.05, 0.1) is 45.5 Å². The maximum Gasteiger partial charge on any atom is 0.227 e. The molecule has 12 heterocycles. The van der Waals surface area contributed by atoms with Gasteiger partial charge < -0.3 is 56.9 Å². The van der Waals surface area contributed by atoms with Gasteiger partial charge in [0.15, 0.2) is 22.3 Å². The Labute approximate surface area is 725 Å². The van der Waals surface area contributed by atoms with Crippen molar-refractivity contribution in [2.75, 3.05) is 39.2 Å². The molecule has 0 bridgehead atoms. The van der Waals surface area contributed by atoms with Crippen molar-refractivity contribution in [2.24, 2.45) is 0 Å². The van der Waals surface area contributed by atoms with Crippen molar-refractivity contribution in [3.63, 3.8) is 0 Å². The molecular weight excluding hydrogens is 1520 g/mol. The third-order valence-electron chi connectivity index (χ3n) is 24.3. The number of rotatable bonds is 10. The highest BCUT2D eigenvalue weighted by Crippen LogP contribution is 2.53. The second-order valence-corrected chi connectivity index (χ2v) is 33.2. The van der Waals surface area contributed by atoms with Crippen LogP contribution in [0.1, 0.15) is 167 Å². The fraction of sp³-hybridized carbons (Fsp3) is 0.271. The summed E-state index contributed by atoms with van der Waals surface area (Å²) in [5.41, 5.74) is 30.8. The van der Waals surface area contributed by atoms with Crippen LogP contribution in [0.4, 0.5) is 62.6 Å². The van der Waals surface area contributed by atoms with E-state index in [1.807, 2.05) is 58.0 Å². The second kappa shape index (κ2) is 34.3. The molecule has 0 amide bonds. The maximum absolute atomic E-state index is 6.39. The Morgan fingerprint density at radius 1 is 0.260 bits per heavy atom. The molecule has 9 aromatic carbocycles. The number of para-hydroxylation sites is 7.